The topological polar surface area (TPSA) is 72.3 Å². The molecule has 3 heterocycles. The van der Waals surface area contributed by atoms with Crippen LogP contribution >= 0.6 is 24.8 Å². The van der Waals surface area contributed by atoms with Gasteiger partial charge in [-0.1, -0.05) is 0 Å². The number of ether oxygens (including phenoxy) is 1. The second kappa shape index (κ2) is 11.0. The van der Waals surface area contributed by atoms with Gasteiger partial charge >= 0.3 is 0 Å². The number of nitrogens with zero attached hydrogens (tertiary/aromatic N) is 4. The van der Waals surface area contributed by atoms with E-state index in [1.165, 1.54) is 6.42 Å². The van der Waals surface area contributed by atoms with Crippen molar-refractivity contribution >= 4 is 41.8 Å². The van der Waals surface area contributed by atoms with Crippen LogP contribution in [0.25, 0.3) is 11.0 Å². The van der Waals surface area contributed by atoms with Gasteiger partial charge in [0.25, 0.3) is 0 Å². The van der Waals surface area contributed by atoms with Crippen molar-refractivity contribution in [1.82, 2.24) is 25.0 Å². The van der Waals surface area contributed by atoms with Gasteiger partial charge < -0.3 is 15.0 Å². The van der Waals surface area contributed by atoms with Crippen LogP contribution in [0, 0.1) is 19.8 Å². The van der Waals surface area contributed by atoms with E-state index in [2.05, 4.69) is 17.3 Å². The van der Waals surface area contributed by atoms with Gasteiger partial charge in [0.15, 0.2) is 5.65 Å². The number of halogens is 2. The van der Waals surface area contributed by atoms with Crippen molar-refractivity contribution in [2.45, 2.75) is 39.5 Å². The van der Waals surface area contributed by atoms with Crippen LogP contribution in [0.1, 0.15) is 36.1 Å². The molecule has 164 valence electrons. The summed E-state index contributed by atoms with van der Waals surface area (Å²) in [7, 11) is 5.47. The zero-order valence-corrected chi connectivity index (χ0v) is 19.6. The summed E-state index contributed by atoms with van der Waals surface area (Å²) in [5.74, 6) is 1.40. The summed E-state index contributed by atoms with van der Waals surface area (Å²) in [6, 6.07) is 0. The van der Waals surface area contributed by atoms with Gasteiger partial charge in [-0.25, -0.2) is 9.67 Å². The number of pyridine rings is 1. The molecule has 1 N–H and O–H groups in total. The summed E-state index contributed by atoms with van der Waals surface area (Å²) >= 11 is 0. The number of rotatable bonds is 6. The quantitative estimate of drug-likeness (QED) is 0.739. The number of fused-ring (bicyclic) bond motifs is 1. The van der Waals surface area contributed by atoms with E-state index in [1.54, 1.807) is 11.8 Å². The second-order valence-electron chi connectivity index (χ2n) is 7.54. The van der Waals surface area contributed by atoms with Gasteiger partial charge in [-0.3, -0.25) is 4.79 Å². The molecule has 29 heavy (non-hydrogen) atoms. The third-order valence-electron chi connectivity index (χ3n) is 5.67. The maximum Gasteiger partial charge on any atom is 0.242 e. The fourth-order valence-electron chi connectivity index (χ4n) is 4.24. The van der Waals surface area contributed by atoms with E-state index in [4.69, 9.17) is 9.72 Å². The summed E-state index contributed by atoms with van der Waals surface area (Å²) < 4.78 is 7.18. The minimum atomic E-state index is 0. The first-order valence-corrected chi connectivity index (χ1v) is 9.75. The molecular formula is C20H33Cl2N5O2. The van der Waals surface area contributed by atoms with Crippen LogP contribution in [0.15, 0.2) is 0 Å². The number of nitrogens with one attached hydrogen (secondary N) is 1. The Bertz CT molecular complexity index is 838. The van der Waals surface area contributed by atoms with Crippen LogP contribution in [0.4, 0.5) is 0 Å². The van der Waals surface area contributed by atoms with E-state index < -0.39 is 0 Å². The summed E-state index contributed by atoms with van der Waals surface area (Å²) in [5, 5.41) is 8.57. The van der Waals surface area contributed by atoms with Gasteiger partial charge in [-0.2, -0.15) is 0 Å². The van der Waals surface area contributed by atoms with Crippen LogP contribution in [-0.4, -0.2) is 59.4 Å². The molecule has 1 unspecified atom stereocenters. The van der Waals surface area contributed by atoms with Crippen LogP contribution in [0.3, 0.4) is 0 Å². The Morgan fingerprint density at radius 1 is 1.31 bits per heavy atom. The fourth-order valence-corrected chi connectivity index (χ4v) is 4.24. The van der Waals surface area contributed by atoms with Crippen LogP contribution < -0.4 is 10.1 Å². The van der Waals surface area contributed by atoms with Crippen molar-refractivity contribution in [3.8, 4) is 5.88 Å². The molecule has 3 rings (SSSR count). The molecular weight excluding hydrogens is 413 g/mol. The number of likely N-dealkylation sites (tertiary alicyclic amines) is 1. The molecule has 2 aromatic rings. The Hall–Kier alpha value is -1.57. The molecule has 1 aliphatic rings. The minimum Gasteiger partial charge on any atom is -0.479 e. The second-order valence-corrected chi connectivity index (χ2v) is 7.54. The number of hydrogen-bond acceptors (Lipinski definition) is 5. The lowest BCUT2D eigenvalue weighted by Crippen LogP contribution is -2.42. The van der Waals surface area contributed by atoms with E-state index in [0.29, 0.717) is 24.6 Å². The first-order chi connectivity index (χ1) is 13.0. The highest BCUT2D eigenvalue weighted by molar-refractivity contribution is 5.86. The molecule has 1 atom stereocenters. The van der Waals surface area contributed by atoms with Crippen molar-refractivity contribution in [2.24, 2.45) is 13.0 Å². The normalized spacial score (nSPS) is 16.3. The predicted molar refractivity (Wildman–Crippen MR) is 121 cm³/mol. The fraction of sp³-hybridized carbons (Fsp3) is 0.650. The largest absolute Gasteiger partial charge is 0.479 e. The molecule has 0 saturated carbocycles. The predicted octanol–water partition coefficient (Wildman–Crippen LogP) is 2.83. The Kier molecular flexibility index (Phi) is 9.65. The van der Waals surface area contributed by atoms with Crippen molar-refractivity contribution < 1.29 is 9.53 Å². The highest BCUT2D eigenvalue weighted by Gasteiger charge is 2.24. The zero-order valence-electron chi connectivity index (χ0n) is 17.9. The molecule has 0 spiro atoms. The van der Waals surface area contributed by atoms with E-state index in [-0.39, 0.29) is 30.7 Å². The van der Waals surface area contributed by atoms with Crippen molar-refractivity contribution in [1.29, 1.82) is 0 Å². The molecule has 0 aliphatic carbocycles. The SMILES string of the molecule is CNCC1CCCN(C(=O)CCc2c(C)nc3c(c(OC)nn3C)c2C)C1.Cl.Cl. The van der Waals surface area contributed by atoms with E-state index >= 15 is 0 Å². The van der Waals surface area contributed by atoms with Gasteiger partial charge in [0, 0.05) is 32.3 Å². The van der Waals surface area contributed by atoms with E-state index in [0.717, 1.165) is 53.9 Å². The number of carbonyl (C=O) groups is 1. The highest BCUT2D eigenvalue weighted by atomic mass is 35.5. The number of hydrogen-bond donors (Lipinski definition) is 1. The van der Waals surface area contributed by atoms with Gasteiger partial charge in [0.1, 0.15) is 0 Å². The lowest BCUT2D eigenvalue weighted by Gasteiger charge is -2.33. The highest BCUT2D eigenvalue weighted by Crippen LogP contribution is 2.30. The Balaban J connectivity index is 0.00000210. The lowest BCUT2D eigenvalue weighted by atomic mass is 9.96. The smallest absolute Gasteiger partial charge is 0.242 e. The number of carbonyl (C=O) groups excluding carboxylic acids is 1. The molecule has 1 amide bonds. The van der Waals surface area contributed by atoms with Gasteiger partial charge in [0.2, 0.25) is 11.8 Å². The number of amides is 1. The number of aryl methyl sites for hydroxylation is 3. The van der Waals surface area contributed by atoms with Crippen molar-refractivity contribution in [2.75, 3.05) is 33.8 Å². The standard InChI is InChI=1S/C20H31N5O2.2ClH/c1-13-16(14(2)22-19-18(13)20(27-5)23-24(19)4)8-9-17(26)25-10-6-7-15(12-25)11-21-3;;/h15,21H,6-12H2,1-5H3;2*1H. The third-order valence-corrected chi connectivity index (χ3v) is 5.67. The molecule has 0 aromatic carbocycles. The maximum atomic E-state index is 12.8. The molecule has 1 fully saturated rings. The zero-order chi connectivity index (χ0) is 19.6. The molecule has 1 saturated heterocycles. The van der Waals surface area contributed by atoms with E-state index in [9.17, 15) is 4.79 Å². The third kappa shape index (κ3) is 5.32. The molecule has 0 radical (unpaired) electrons. The molecule has 7 nitrogen and oxygen atoms in total. The summed E-state index contributed by atoms with van der Waals surface area (Å²) in [4.78, 5) is 19.5. The van der Waals surface area contributed by atoms with Crippen LogP contribution in [-0.2, 0) is 18.3 Å². The Labute approximate surface area is 185 Å². The van der Waals surface area contributed by atoms with Gasteiger partial charge in [-0.05, 0) is 63.7 Å². The minimum absolute atomic E-state index is 0. The summed E-state index contributed by atoms with van der Waals surface area (Å²) in [6.07, 6.45) is 3.51. The van der Waals surface area contributed by atoms with Gasteiger partial charge in [0.05, 0.1) is 12.5 Å². The Morgan fingerprint density at radius 3 is 2.69 bits per heavy atom. The first-order valence-electron chi connectivity index (χ1n) is 9.75. The van der Waals surface area contributed by atoms with E-state index in [1.807, 2.05) is 25.9 Å². The maximum absolute atomic E-state index is 12.8. The lowest BCUT2D eigenvalue weighted by molar-refractivity contribution is -0.132. The van der Waals surface area contributed by atoms with Crippen LogP contribution in [0.5, 0.6) is 5.88 Å². The number of methoxy groups -OCH3 is 1. The number of aromatic nitrogens is 3. The average molecular weight is 446 g/mol. The van der Waals surface area contributed by atoms with Crippen molar-refractivity contribution in [3.63, 3.8) is 0 Å². The summed E-state index contributed by atoms with van der Waals surface area (Å²) in [6.45, 7) is 6.81. The molecule has 2 aromatic heterocycles. The molecule has 9 heteroatoms. The van der Waals surface area contributed by atoms with Gasteiger partial charge in [-0.15, -0.1) is 29.9 Å². The number of piperidine rings is 1. The first kappa shape index (κ1) is 25.5. The Morgan fingerprint density at radius 2 is 2.03 bits per heavy atom. The van der Waals surface area contributed by atoms with Crippen LogP contribution in [0.2, 0.25) is 0 Å². The molecule has 1 aliphatic heterocycles. The monoisotopic (exact) mass is 445 g/mol. The van der Waals surface area contributed by atoms with Crippen molar-refractivity contribution in [3.05, 3.63) is 16.8 Å². The average Bonchev–Trinajstić information content (AvgIpc) is 2.97. The summed E-state index contributed by atoms with van der Waals surface area (Å²) in [5.41, 5.74) is 4.03. The molecule has 0 bridgehead atoms.